The summed E-state index contributed by atoms with van der Waals surface area (Å²) < 4.78 is 13.3. The lowest BCUT2D eigenvalue weighted by Crippen LogP contribution is -2.30. The van der Waals surface area contributed by atoms with E-state index in [1.54, 1.807) is 30.5 Å². The predicted molar refractivity (Wildman–Crippen MR) is 103 cm³/mol. The molecule has 2 aromatic carbocycles. The molecule has 2 unspecified atom stereocenters. The topological polar surface area (TPSA) is 89.2 Å². The number of carbonyl (C=O) groups is 1. The Labute approximate surface area is 160 Å². The summed E-state index contributed by atoms with van der Waals surface area (Å²) in [5, 5.41) is 23.0. The first-order valence-corrected chi connectivity index (χ1v) is 8.84. The summed E-state index contributed by atoms with van der Waals surface area (Å²) in [4.78, 5) is 17.2. The number of hydrogen-bond acceptors (Lipinski definition) is 4. The lowest BCUT2D eigenvalue weighted by Gasteiger charge is -2.22. The largest absolute Gasteiger partial charge is 0.465 e. The van der Waals surface area contributed by atoms with Crippen LogP contribution in [0, 0.1) is 17.1 Å². The van der Waals surface area contributed by atoms with E-state index in [9.17, 15) is 19.6 Å². The first-order chi connectivity index (χ1) is 13.6. The quantitative estimate of drug-likeness (QED) is 0.726. The standard InChI is InChI=1S/C21H17FN4O2/c22-15-6-4-13(5-7-15)17-11-26(21(27)28)12-19(17)25-18-8-9-24-20-14(10-23)2-1-3-16(18)20/h1-9,17,19H,11-12H2,(H,24,25)(H,27,28). The van der Waals surface area contributed by atoms with E-state index in [1.165, 1.54) is 17.0 Å². The van der Waals surface area contributed by atoms with Crippen LogP contribution in [0.3, 0.4) is 0 Å². The number of halogens is 1. The van der Waals surface area contributed by atoms with Gasteiger partial charge in [0, 0.05) is 36.3 Å². The molecule has 0 radical (unpaired) electrons. The number of nitrogens with one attached hydrogen (secondary N) is 1. The van der Waals surface area contributed by atoms with Crippen molar-refractivity contribution in [2.75, 3.05) is 18.4 Å². The summed E-state index contributed by atoms with van der Waals surface area (Å²) in [5.74, 6) is -0.454. The monoisotopic (exact) mass is 376 g/mol. The smallest absolute Gasteiger partial charge is 0.407 e. The lowest BCUT2D eigenvalue weighted by molar-refractivity contribution is 0.155. The molecule has 6 nitrogen and oxygen atoms in total. The molecule has 4 rings (SSSR count). The number of benzene rings is 2. The summed E-state index contributed by atoms with van der Waals surface area (Å²) in [6, 6.07) is 15.3. The molecule has 0 aliphatic carbocycles. The number of pyridine rings is 1. The second kappa shape index (κ2) is 7.16. The van der Waals surface area contributed by atoms with Crippen LogP contribution in [0.15, 0.2) is 54.7 Å². The van der Waals surface area contributed by atoms with Gasteiger partial charge in [-0.3, -0.25) is 4.98 Å². The number of carboxylic acid groups (broad SMARTS) is 1. The molecule has 0 bridgehead atoms. The van der Waals surface area contributed by atoms with Crippen molar-refractivity contribution in [1.29, 1.82) is 5.26 Å². The van der Waals surface area contributed by atoms with Crippen molar-refractivity contribution in [2.45, 2.75) is 12.0 Å². The highest BCUT2D eigenvalue weighted by atomic mass is 19.1. The number of rotatable bonds is 3. The average Bonchev–Trinajstić information content (AvgIpc) is 3.12. The highest BCUT2D eigenvalue weighted by Gasteiger charge is 2.36. The van der Waals surface area contributed by atoms with Crippen LogP contribution in [-0.2, 0) is 0 Å². The molecular weight excluding hydrogens is 359 g/mol. The van der Waals surface area contributed by atoms with E-state index in [4.69, 9.17) is 0 Å². The van der Waals surface area contributed by atoms with E-state index in [-0.39, 0.29) is 17.8 Å². The third kappa shape index (κ3) is 3.21. The van der Waals surface area contributed by atoms with E-state index in [0.717, 1.165) is 16.6 Å². The Hall–Kier alpha value is -3.66. The molecule has 2 N–H and O–H groups in total. The Morgan fingerprint density at radius 2 is 2.00 bits per heavy atom. The molecule has 0 spiro atoms. The zero-order valence-electron chi connectivity index (χ0n) is 14.8. The van der Waals surface area contributed by atoms with Gasteiger partial charge in [0.15, 0.2) is 0 Å². The SMILES string of the molecule is N#Cc1cccc2c(NC3CN(C(=O)O)CC3c3ccc(F)cc3)ccnc12. The molecule has 0 saturated carbocycles. The van der Waals surface area contributed by atoms with Crippen LogP contribution in [0.5, 0.6) is 0 Å². The fraction of sp³-hybridized carbons (Fsp3) is 0.190. The molecule has 1 aromatic heterocycles. The number of fused-ring (bicyclic) bond motifs is 1. The molecule has 28 heavy (non-hydrogen) atoms. The van der Waals surface area contributed by atoms with Gasteiger partial charge in [-0.2, -0.15) is 5.26 Å². The van der Waals surface area contributed by atoms with Crippen molar-refractivity contribution in [3.8, 4) is 6.07 Å². The zero-order chi connectivity index (χ0) is 19.7. The highest BCUT2D eigenvalue weighted by molar-refractivity contribution is 5.94. The molecule has 3 aromatic rings. The summed E-state index contributed by atoms with van der Waals surface area (Å²) in [5.41, 5.74) is 2.74. The maximum absolute atomic E-state index is 13.3. The van der Waals surface area contributed by atoms with Crippen molar-refractivity contribution in [3.05, 3.63) is 71.7 Å². The molecule has 1 aliphatic heterocycles. The molecule has 2 heterocycles. The van der Waals surface area contributed by atoms with Gasteiger partial charge >= 0.3 is 6.09 Å². The van der Waals surface area contributed by atoms with Gasteiger partial charge in [-0.05, 0) is 29.8 Å². The van der Waals surface area contributed by atoms with Gasteiger partial charge in [0.25, 0.3) is 0 Å². The van der Waals surface area contributed by atoms with Crippen molar-refractivity contribution in [2.24, 2.45) is 0 Å². The van der Waals surface area contributed by atoms with Crippen molar-refractivity contribution in [3.63, 3.8) is 0 Å². The van der Waals surface area contributed by atoms with E-state index in [1.807, 2.05) is 12.1 Å². The first kappa shape index (κ1) is 17.7. The molecule has 1 fully saturated rings. The number of para-hydroxylation sites is 1. The molecular formula is C21H17FN4O2. The summed E-state index contributed by atoms with van der Waals surface area (Å²) >= 11 is 0. The third-order valence-corrected chi connectivity index (χ3v) is 5.12. The van der Waals surface area contributed by atoms with E-state index in [0.29, 0.717) is 24.2 Å². The lowest BCUT2D eigenvalue weighted by atomic mass is 9.94. The van der Waals surface area contributed by atoms with Crippen molar-refractivity contribution in [1.82, 2.24) is 9.88 Å². The summed E-state index contributed by atoms with van der Waals surface area (Å²) in [6.45, 7) is 0.629. The fourth-order valence-electron chi connectivity index (χ4n) is 3.75. The van der Waals surface area contributed by atoms with Gasteiger partial charge in [-0.15, -0.1) is 0 Å². The normalized spacial score (nSPS) is 18.8. The van der Waals surface area contributed by atoms with Crippen LogP contribution in [0.4, 0.5) is 14.9 Å². The first-order valence-electron chi connectivity index (χ1n) is 8.84. The van der Waals surface area contributed by atoms with Crippen LogP contribution in [0.1, 0.15) is 17.0 Å². The summed E-state index contributed by atoms with van der Waals surface area (Å²) in [6.07, 6.45) is 0.644. The Bertz CT molecular complexity index is 1080. The van der Waals surface area contributed by atoms with Gasteiger partial charge < -0.3 is 15.3 Å². The second-order valence-electron chi connectivity index (χ2n) is 6.77. The van der Waals surface area contributed by atoms with Crippen LogP contribution in [0.2, 0.25) is 0 Å². The Kier molecular flexibility index (Phi) is 4.53. The van der Waals surface area contributed by atoms with Crippen LogP contribution in [0.25, 0.3) is 10.9 Å². The minimum absolute atomic E-state index is 0.126. The minimum Gasteiger partial charge on any atom is -0.465 e. The van der Waals surface area contributed by atoms with Gasteiger partial charge in [-0.25, -0.2) is 9.18 Å². The molecule has 2 atom stereocenters. The van der Waals surface area contributed by atoms with Gasteiger partial charge in [-0.1, -0.05) is 24.3 Å². The van der Waals surface area contributed by atoms with Gasteiger partial charge in [0.1, 0.15) is 11.9 Å². The maximum atomic E-state index is 13.3. The molecule has 7 heteroatoms. The number of nitrogens with zero attached hydrogens (tertiary/aromatic N) is 3. The Balaban J connectivity index is 1.70. The number of likely N-dealkylation sites (tertiary alicyclic amines) is 1. The van der Waals surface area contributed by atoms with Crippen molar-refractivity contribution >= 4 is 22.7 Å². The second-order valence-corrected chi connectivity index (χ2v) is 6.77. The van der Waals surface area contributed by atoms with Gasteiger partial charge in [0.05, 0.1) is 17.1 Å². The molecule has 1 saturated heterocycles. The maximum Gasteiger partial charge on any atom is 0.407 e. The minimum atomic E-state index is -0.984. The number of aromatic nitrogens is 1. The van der Waals surface area contributed by atoms with Crippen LogP contribution < -0.4 is 5.32 Å². The van der Waals surface area contributed by atoms with E-state index in [2.05, 4.69) is 16.4 Å². The molecule has 1 aliphatic rings. The molecule has 140 valence electrons. The third-order valence-electron chi connectivity index (χ3n) is 5.12. The Morgan fingerprint density at radius 1 is 1.21 bits per heavy atom. The van der Waals surface area contributed by atoms with Crippen LogP contribution in [-0.4, -0.2) is 40.2 Å². The van der Waals surface area contributed by atoms with E-state index >= 15 is 0 Å². The van der Waals surface area contributed by atoms with Crippen LogP contribution >= 0.6 is 0 Å². The number of nitriles is 1. The number of anilines is 1. The number of hydrogen-bond donors (Lipinski definition) is 2. The van der Waals surface area contributed by atoms with E-state index < -0.39 is 6.09 Å². The summed E-state index contributed by atoms with van der Waals surface area (Å²) in [7, 11) is 0. The zero-order valence-corrected chi connectivity index (χ0v) is 14.8. The van der Waals surface area contributed by atoms with Gasteiger partial charge in [0.2, 0.25) is 0 Å². The highest BCUT2D eigenvalue weighted by Crippen LogP contribution is 2.32. The molecule has 1 amide bonds. The average molecular weight is 376 g/mol. The van der Waals surface area contributed by atoms with Crippen molar-refractivity contribution < 1.29 is 14.3 Å². The Morgan fingerprint density at radius 3 is 2.71 bits per heavy atom. The predicted octanol–water partition coefficient (Wildman–Crippen LogP) is 3.80. The number of amides is 1. The fourth-order valence-corrected chi connectivity index (χ4v) is 3.75.